The molecule has 17 heavy (non-hydrogen) atoms. The summed E-state index contributed by atoms with van der Waals surface area (Å²) < 4.78 is 0. The minimum absolute atomic E-state index is 0.520. The summed E-state index contributed by atoms with van der Waals surface area (Å²) in [6.45, 7) is 3.83. The minimum atomic E-state index is 0.520. The van der Waals surface area contributed by atoms with Crippen LogP contribution in [-0.4, -0.2) is 9.97 Å². The normalized spacial score (nSPS) is 10.4. The molecule has 0 bridgehead atoms. The van der Waals surface area contributed by atoms with Crippen LogP contribution >= 0.6 is 23.2 Å². The monoisotopic (exact) mass is 267 g/mol. The van der Waals surface area contributed by atoms with E-state index in [1.54, 1.807) is 18.2 Å². The molecule has 0 aliphatic heterocycles. The molecule has 3 nitrogen and oxygen atoms in total. The highest BCUT2D eigenvalue weighted by Gasteiger charge is 2.04. The molecule has 1 N–H and O–H groups in total. The second-order valence-corrected chi connectivity index (χ2v) is 4.57. The summed E-state index contributed by atoms with van der Waals surface area (Å²) in [5.41, 5.74) is 2.50. The fraction of sp³-hybridized carbons (Fsp3) is 0.167. The molecular weight excluding hydrogens is 257 g/mol. The van der Waals surface area contributed by atoms with E-state index >= 15 is 0 Å². The second-order valence-electron chi connectivity index (χ2n) is 3.72. The van der Waals surface area contributed by atoms with Gasteiger partial charge in [-0.25, -0.2) is 9.97 Å². The Labute approximate surface area is 110 Å². The van der Waals surface area contributed by atoms with Crippen molar-refractivity contribution in [1.29, 1.82) is 0 Å². The molecule has 0 spiro atoms. The first kappa shape index (κ1) is 12.1. The highest BCUT2D eigenvalue weighted by Crippen LogP contribution is 2.27. The van der Waals surface area contributed by atoms with E-state index in [1.165, 1.54) is 0 Å². The molecule has 0 amide bonds. The number of anilines is 2. The number of hydrogen-bond acceptors (Lipinski definition) is 3. The average molecular weight is 268 g/mol. The first-order chi connectivity index (χ1) is 8.04. The van der Waals surface area contributed by atoms with E-state index in [0.29, 0.717) is 21.7 Å². The number of nitrogens with one attached hydrogen (secondary N) is 1. The molecule has 0 radical (unpaired) electrons. The van der Waals surface area contributed by atoms with Crippen LogP contribution in [-0.2, 0) is 0 Å². The highest BCUT2D eigenvalue weighted by atomic mass is 35.5. The molecule has 0 aliphatic rings. The third kappa shape index (κ3) is 3.08. The maximum Gasteiger partial charge on any atom is 0.227 e. The molecular formula is C12H11Cl2N3. The van der Waals surface area contributed by atoms with Crippen molar-refractivity contribution in [2.45, 2.75) is 13.8 Å². The van der Waals surface area contributed by atoms with Gasteiger partial charge >= 0.3 is 0 Å². The van der Waals surface area contributed by atoms with Crippen LogP contribution in [0.4, 0.5) is 11.6 Å². The average Bonchev–Trinajstić information content (AvgIpc) is 2.22. The number of benzene rings is 1. The highest BCUT2D eigenvalue weighted by molar-refractivity contribution is 6.35. The Morgan fingerprint density at radius 2 is 1.65 bits per heavy atom. The lowest BCUT2D eigenvalue weighted by Crippen LogP contribution is -2.00. The van der Waals surface area contributed by atoms with Gasteiger partial charge in [0.2, 0.25) is 5.95 Å². The summed E-state index contributed by atoms with van der Waals surface area (Å²) in [6, 6.07) is 7.11. The maximum absolute atomic E-state index is 6.05. The molecule has 2 rings (SSSR count). The molecule has 88 valence electrons. The van der Waals surface area contributed by atoms with Crippen molar-refractivity contribution in [3.63, 3.8) is 0 Å². The van der Waals surface area contributed by atoms with Crippen LogP contribution in [0.2, 0.25) is 10.0 Å². The van der Waals surface area contributed by atoms with Gasteiger partial charge in [-0.05, 0) is 38.1 Å². The van der Waals surface area contributed by atoms with Crippen LogP contribution in [0.1, 0.15) is 11.4 Å². The summed E-state index contributed by atoms with van der Waals surface area (Å²) >= 11 is 12.0. The second kappa shape index (κ2) is 4.90. The molecule has 0 atom stereocenters. The van der Waals surface area contributed by atoms with Crippen molar-refractivity contribution in [3.8, 4) is 0 Å². The molecule has 1 aromatic carbocycles. The van der Waals surface area contributed by atoms with E-state index in [0.717, 1.165) is 11.4 Å². The quantitative estimate of drug-likeness (QED) is 0.889. The first-order valence-electron chi connectivity index (χ1n) is 5.09. The number of aryl methyl sites for hydroxylation is 2. The first-order valence-corrected chi connectivity index (χ1v) is 5.84. The van der Waals surface area contributed by atoms with Gasteiger partial charge in [0.15, 0.2) is 0 Å². The van der Waals surface area contributed by atoms with Crippen LogP contribution in [0.3, 0.4) is 0 Å². The number of nitrogens with zero attached hydrogens (tertiary/aromatic N) is 2. The Morgan fingerprint density at radius 3 is 2.29 bits per heavy atom. The van der Waals surface area contributed by atoms with Gasteiger partial charge in [-0.2, -0.15) is 0 Å². The lowest BCUT2D eigenvalue weighted by atomic mass is 10.3. The summed E-state index contributed by atoms with van der Waals surface area (Å²) in [5, 5.41) is 4.25. The van der Waals surface area contributed by atoms with Gasteiger partial charge in [-0.1, -0.05) is 23.2 Å². The summed E-state index contributed by atoms with van der Waals surface area (Å²) in [6.07, 6.45) is 0. The van der Waals surface area contributed by atoms with Crippen molar-refractivity contribution in [2.24, 2.45) is 0 Å². The maximum atomic E-state index is 6.05. The molecule has 5 heteroatoms. The SMILES string of the molecule is Cc1cc(C)nc(Nc2cc(Cl)ccc2Cl)n1. The number of aromatic nitrogens is 2. The molecule has 1 aromatic heterocycles. The van der Waals surface area contributed by atoms with Crippen molar-refractivity contribution in [1.82, 2.24) is 9.97 Å². The fourth-order valence-corrected chi connectivity index (χ4v) is 1.83. The molecule has 0 saturated carbocycles. The predicted octanol–water partition coefficient (Wildman–Crippen LogP) is 4.14. The summed E-state index contributed by atoms with van der Waals surface area (Å²) in [5.74, 6) is 0.520. The van der Waals surface area contributed by atoms with Gasteiger partial charge in [-0.3, -0.25) is 0 Å². The van der Waals surface area contributed by atoms with E-state index in [-0.39, 0.29) is 0 Å². The molecule has 1 heterocycles. The Balaban J connectivity index is 2.34. The van der Waals surface area contributed by atoms with Gasteiger partial charge in [0.1, 0.15) is 0 Å². The predicted molar refractivity (Wildman–Crippen MR) is 71.3 cm³/mol. The largest absolute Gasteiger partial charge is 0.323 e. The van der Waals surface area contributed by atoms with E-state index in [2.05, 4.69) is 15.3 Å². The molecule has 0 saturated heterocycles. The number of halogens is 2. The lowest BCUT2D eigenvalue weighted by molar-refractivity contribution is 1.06. The fourth-order valence-electron chi connectivity index (χ4n) is 1.50. The Hall–Kier alpha value is -1.32. The zero-order chi connectivity index (χ0) is 12.4. The Bertz CT molecular complexity index is 535. The van der Waals surface area contributed by atoms with Crippen LogP contribution in [0, 0.1) is 13.8 Å². The van der Waals surface area contributed by atoms with Gasteiger partial charge < -0.3 is 5.32 Å². The van der Waals surface area contributed by atoms with E-state index in [9.17, 15) is 0 Å². The summed E-state index contributed by atoms with van der Waals surface area (Å²) in [7, 11) is 0. The van der Waals surface area contributed by atoms with Crippen molar-refractivity contribution in [2.75, 3.05) is 5.32 Å². The number of hydrogen-bond donors (Lipinski definition) is 1. The third-order valence-electron chi connectivity index (χ3n) is 2.16. The molecule has 0 unspecified atom stereocenters. The standard InChI is InChI=1S/C12H11Cl2N3/c1-7-5-8(2)16-12(15-7)17-11-6-9(13)3-4-10(11)14/h3-6H,1-2H3,(H,15,16,17). The third-order valence-corrected chi connectivity index (χ3v) is 2.72. The van der Waals surface area contributed by atoms with Gasteiger partial charge in [0, 0.05) is 16.4 Å². The molecule has 0 fully saturated rings. The van der Waals surface area contributed by atoms with E-state index in [4.69, 9.17) is 23.2 Å². The Morgan fingerprint density at radius 1 is 1.00 bits per heavy atom. The zero-order valence-electron chi connectivity index (χ0n) is 9.46. The van der Waals surface area contributed by atoms with E-state index in [1.807, 2.05) is 19.9 Å². The topological polar surface area (TPSA) is 37.8 Å². The number of rotatable bonds is 2. The van der Waals surface area contributed by atoms with Crippen LogP contribution < -0.4 is 5.32 Å². The Kier molecular flexibility index (Phi) is 3.50. The molecule has 2 aromatic rings. The van der Waals surface area contributed by atoms with Crippen LogP contribution in [0.5, 0.6) is 0 Å². The zero-order valence-corrected chi connectivity index (χ0v) is 11.0. The van der Waals surface area contributed by atoms with Gasteiger partial charge in [0.25, 0.3) is 0 Å². The van der Waals surface area contributed by atoms with E-state index < -0.39 is 0 Å². The smallest absolute Gasteiger partial charge is 0.227 e. The van der Waals surface area contributed by atoms with Crippen LogP contribution in [0.25, 0.3) is 0 Å². The van der Waals surface area contributed by atoms with Gasteiger partial charge in [0.05, 0.1) is 10.7 Å². The summed E-state index contributed by atoms with van der Waals surface area (Å²) in [4.78, 5) is 8.55. The molecule has 0 aliphatic carbocycles. The van der Waals surface area contributed by atoms with Crippen molar-refractivity contribution < 1.29 is 0 Å². The lowest BCUT2D eigenvalue weighted by Gasteiger charge is -2.08. The van der Waals surface area contributed by atoms with Crippen LogP contribution in [0.15, 0.2) is 24.3 Å². The van der Waals surface area contributed by atoms with Crippen molar-refractivity contribution in [3.05, 3.63) is 45.7 Å². The van der Waals surface area contributed by atoms with Crippen molar-refractivity contribution >= 4 is 34.8 Å². The minimum Gasteiger partial charge on any atom is -0.323 e. The van der Waals surface area contributed by atoms with Gasteiger partial charge in [-0.15, -0.1) is 0 Å².